The van der Waals surface area contributed by atoms with Crippen LogP contribution in [0.2, 0.25) is 0 Å². The van der Waals surface area contributed by atoms with Crippen LogP contribution in [0.3, 0.4) is 0 Å². The van der Waals surface area contributed by atoms with Crippen LogP contribution in [0.1, 0.15) is 36.7 Å². The van der Waals surface area contributed by atoms with Crippen molar-refractivity contribution in [3.63, 3.8) is 0 Å². The van der Waals surface area contributed by atoms with Crippen molar-refractivity contribution in [2.45, 2.75) is 45.7 Å². The fraction of sp³-hybridized carbons (Fsp3) is 0.733. The first-order chi connectivity index (χ1) is 9.76. The molecular formula is C15H25N5. The number of aromatic nitrogens is 2. The average molecular weight is 275 g/mol. The largest absolute Gasteiger partial charge is 0.351 e. The van der Waals surface area contributed by atoms with Gasteiger partial charge in [0.05, 0.1) is 5.69 Å². The number of nitrogens with zero attached hydrogens (tertiary/aromatic N) is 3. The molecule has 1 fully saturated rings. The summed E-state index contributed by atoms with van der Waals surface area (Å²) in [6, 6.07) is 0.518. The molecule has 0 unspecified atom stereocenters. The SMILES string of the molecule is CCN1CCc2nc(NC3CCNCC3)nc(C)c2C1. The minimum Gasteiger partial charge on any atom is -0.351 e. The van der Waals surface area contributed by atoms with E-state index in [0.29, 0.717) is 6.04 Å². The summed E-state index contributed by atoms with van der Waals surface area (Å²) < 4.78 is 0. The molecule has 110 valence electrons. The molecule has 0 atom stereocenters. The number of nitrogens with one attached hydrogen (secondary N) is 2. The second-order valence-electron chi connectivity index (χ2n) is 5.85. The van der Waals surface area contributed by atoms with Crippen molar-refractivity contribution >= 4 is 5.95 Å². The van der Waals surface area contributed by atoms with E-state index in [4.69, 9.17) is 4.98 Å². The number of piperidine rings is 1. The van der Waals surface area contributed by atoms with Crippen LogP contribution in [0.15, 0.2) is 0 Å². The van der Waals surface area contributed by atoms with Crippen molar-refractivity contribution in [3.8, 4) is 0 Å². The minimum absolute atomic E-state index is 0.518. The highest BCUT2D eigenvalue weighted by atomic mass is 15.2. The molecule has 0 amide bonds. The number of aryl methyl sites for hydroxylation is 1. The van der Waals surface area contributed by atoms with E-state index in [9.17, 15) is 0 Å². The van der Waals surface area contributed by atoms with Gasteiger partial charge in [-0.2, -0.15) is 0 Å². The Morgan fingerprint density at radius 3 is 2.85 bits per heavy atom. The minimum atomic E-state index is 0.518. The molecule has 5 nitrogen and oxygen atoms in total. The second-order valence-corrected chi connectivity index (χ2v) is 5.85. The van der Waals surface area contributed by atoms with Crippen LogP contribution >= 0.6 is 0 Å². The smallest absolute Gasteiger partial charge is 0.223 e. The lowest BCUT2D eigenvalue weighted by atomic mass is 10.0. The zero-order valence-corrected chi connectivity index (χ0v) is 12.6. The molecule has 0 aliphatic carbocycles. The molecule has 20 heavy (non-hydrogen) atoms. The Balaban J connectivity index is 1.75. The number of rotatable bonds is 3. The topological polar surface area (TPSA) is 53.1 Å². The summed E-state index contributed by atoms with van der Waals surface area (Å²) in [6.45, 7) is 9.74. The monoisotopic (exact) mass is 275 g/mol. The molecule has 0 bridgehead atoms. The van der Waals surface area contributed by atoms with Gasteiger partial charge in [-0.25, -0.2) is 9.97 Å². The third-order valence-electron chi connectivity index (χ3n) is 4.47. The van der Waals surface area contributed by atoms with Crippen molar-refractivity contribution in [2.75, 3.05) is 31.5 Å². The zero-order chi connectivity index (χ0) is 13.9. The van der Waals surface area contributed by atoms with Crippen LogP contribution in [0.25, 0.3) is 0 Å². The number of likely N-dealkylation sites (N-methyl/N-ethyl adjacent to an activating group) is 1. The Morgan fingerprint density at radius 2 is 2.10 bits per heavy atom. The van der Waals surface area contributed by atoms with Crippen molar-refractivity contribution < 1.29 is 0 Å². The molecule has 0 spiro atoms. The molecule has 5 heteroatoms. The molecule has 2 N–H and O–H groups in total. The van der Waals surface area contributed by atoms with Gasteiger partial charge in [-0.05, 0) is 39.4 Å². The van der Waals surface area contributed by atoms with Gasteiger partial charge in [-0.1, -0.05) is 6.92 Å². The molecule has 0 aromatic carbocycles. The van der Waals surface area contributed by atoms with Crippen molar-refractivity contribution in [3.05, 3.63) is 17.0 Å². The van der Waals surface area contributed by atoms with Gasteiger partial charge in [0.15, 0.2) is 0 Å². The summed E-state index contributed by atoms with van der Waals surface area (Å²) in [4.78, 5) is 11.9. The summed E-state index contributed by atoms with van der Waals surface area (Å²) in [5.41, 5.74) is 3.73. The first-order valence-corrected chi connectivity index (χ1v) is 7.82. The second kappa shape index (κ2) is 6.06. The van der Waals surface area contributed by atoms with Gasteiger partial charge in [0.25, 0.3) is 0 Å². The number of anilines is 1. The summed E-state index contributed by atoms with van der Waals surface area (Å²) >= 11 is 0. The standard InChI is InChI=1S/C15H25N5/c1-3-20-9-6-14-13(10-20)11(2)17-15(19-14)18-12-4-7-16-8-5-12/h12,16H,3-10H2,1-2H3,(H,17,18,19). The number of hydrogen-bond donors (Lipinski definition) is 2. The van der Waals surface area contributed by atoms with Crippen LogP contribution < -0.4 is 10.6 Å². The number of fused-ring (bicyclic) bond motifs is 1. The maximum Gasteiger partial charge on any atom is 0.223 e. The molecule has 0 radical (unpaired) electrons. The van der Waals surface area contributed by atoms with Crippen molar-refractivity contribution in [1.82, 2.24) is 20.2 Å². The third kappa shape index (κ3) is 2.94. The molecule has 2 aliphatic rings. The summed E-state index contributed by atoms with van der Waals surface area (Å²) in [7, 11) is 0. The highest BCUT2D eigenvalue weighted by molar-refractivity contribution is 5.36. The average Bonchev–Trinajstić information content (AvgIpc) is 2.48. The quantitative estimate of drug-likeness (QED) is 0.871. The Kier molecular flexibility index (Phi) is 4.17. The molecule has 3 rings (SSSR count). The van der Waals surface area contributed by atoms with E-state index in [1.807, 2.05) is 0 Å². The van der Waals surface area contributed by atoms with E-state index in [1.165, 1.54) is 11.3 Å². The maximum absolute atomic E-state index is 4.77. The first kappa shape index (κ1) is 13.8. The van der Waals surface area contributed by atoms with E-state index in [1.54, 1.807) is 0 Å². The third-order valence-corrected chi connectivity index (χ3v) is 4.47. The Bertz CT molecular complexity index is 468. The highest BCUT2D eigenvalue weighted by Crippen LogP contribution is 2.21. The van der Waals surface area contributed by atoms with Gasteiger partial charge in [-0.3, -0.25) is 4.90 Å². The predicted molar refractivity (Wildman–Crippen MR) is 80.9 cm³/mol. The van der Waals surface area contributed by atoms with Crippen LogP contribution in [0, 0.1) is 6.92 Å². The maximum atomic E-state index is 4.77. The van der Waals surface area contributed by atoms with E-state index in [0.717, 1.165) is 63.6 Å². The molecule has 1 saturated heterocycles. The van der Waals surface area contributed by atoms with Crippen LogP contribution in [-0.4, -0.2) is 47.1 Å². The van der Waals surface area contributed by atoms with Gasteiger partial charge in [-0.15, -0.1) is 0 Å². The molecule has 1 aromatic heterocycles. The summed E-state index contributed by atoms with van der Waals surface area (Å²) in [5.74, 6) is 0.832. The van der Waals surface area contributed by atoms with E-state index < -0.39 is 0 Å². The van der Waals surface area contributed by atoms with Crippen molar-refractivity contribution in [1.29, 1.82) is 0 Å². The van der Waals surface area contributed by atoms with Crippen LogP contribution in [0.4, 0.5) is 5.95 Å². The van der Waals surface area contributed by atoms with Crippen LogP contribution in [0.5, 0.6) is 0 Å². The van der Waals surface area contributed by atoms with E-state index in [-0.39, 0.29) is 0 Å². The van der Waals surface area contributed by atoms with Crippen molar-refractivity contribution in [2.24, 2.45) is 0 Å². The fourth-order valence-electron chi connectivity index (χ4n) is 3.12. The highest BCUT2D eigenvalue weighted by Gasteiger charge is 2.21. The Hall–Kier alpha value is -1.20. The Labute approximate surface area is 121 Å². The molecule has 1 aromatic rings. The molecule has 3 heterocycles. The molecule has 0 saturated carbocycles. The van der Waals surface area contributed by atoms with E-state index >= 15 is 0 Å². The first-order valence-electron chi connectivity index (χ1n) is 7.82. The fourth-order valence-corrected chi connectivity index (χ4v) is 3.12. The molecular weight excluding hydrogens is 250 g/mol. The summed E-state index contributed by atoms with van der Waals surface area (Å²) in [5, 5.41) is 6.91. The summed E-state index contributed by atoms with van der Waals surface area (Å²) in [6.07, 6.45) is 3.36. The van der Waals surface area contributed by atoms with Crippen LogP contribution in [-0.2, 0) is 13.0 Å². The number of hydrogen-bond acceptors (Lipinski definition) is 5. The normalized spacial score (nSPS) is 20.7. The lowest BCUT2D eigenvalue weighted by Crippen LogP contribution is -2.36. The van der Waals surface area contributed by atoms with Gasteiger partial charge in [0, 0.05) is 36.8 Å². The van der Waals surface area contributed by atoms with Gasteiger partial charge in [0.1, 0.15) is 0 Å². The molecule has 2 aliphatic heterocycles. The van der Waals surface area contributed by atoms with Gasteiger partial charge >= 0.3 is 0 Å². The van der Waals surface area contributed by atoms with Gasteiger partial charge < -0.3 is 10.6 Å². The lowest BCUT2D eigenvalue weighted by Gasteiger charge is -2.29. The zero-order valence-electron chi connectivity index (χ0n) is 12.6. The lowest BCUT2D eigenvalue weighted by molar-refractivity contribution is 0.264. The predicted octanol–water partition coefficient (Wildman–Crippen LogP) is 1.33. The van der Waals surface area contributed by atoms with Gasteiger partial charge in [0.2, 0.25) is 5.95 Å². The Morgan fingerprint density at radius 1 is 1.30 bits per heavy atom. The van der Waals surface area contributed by atoms with E-state index in [2.05, 4.69) is 34.4 Å².